The minimum absolute atomic E-state index is 0.196. The highest BCUT2D eigenvalue weighted by molar-refractivity contribution is 7.89. The van der Waals surface area contributed by atoms with Gasteiger partial charge in [-0.2, -0.15) is 4.31 Å². The number of aryl methyl sites for hydroxylation is 1. The van der Waals surface area contributed by atoms with Gasteiger partial charge in [-0.1, -0.05) is 30.2 Å². The highest BCUT2D eigenvalue weighted by Crippen LogP contribution is 2.39. The van der Waals surface area contributed by atoms with E-state index in [-0.39, 0.29) is 18.1 Å². The zero-order valence-electron chi connectivity index (χ0n) is 18.2. The summed E-state index contributed by atoms with van der Waals surface area (Å²) in [5, 5.41) is 0. The third-order valence-corrected chi connectivity index (χ3v) is 7.54. The van der Waals surface area contributed by atoms with Gasteiger partial charge in [-0.15, -0.1) is 0 Å². The van der Waals surface area contributed by atoms with Gasteiger partial charge in [-0.3, -0.25) is 0 Å². The molecule has 2 aromatic rings. The van der Waals surface area contributed by atoms with Crippen molar-refractivity contribution in [3.8, 4) is 0 Å². The first-order valence-electron chi connectivity index (χ1n) is 10.5. The standard InChI is InChI=1S/C23H33N3O2S/c1-17(2)26(18(3)4)23-21(9-8-15-24-23)22-10-6-7-16-25(22)29(27,28)20-13-11-19(5)12-14-20/h8-9,11-15,17-18,22H,6-7,10,16H2,1-5H3. The average Bonchev–Trinajstić information content (AvgIpc) is 2.68. The molecule has 29 heavy (non-hydrogen) atoms. The molecule has 1 aliphatic heterocycles. The Labute approximate surface area is 175 Å². The van der Waals surface area contributed by atoms with Crippen LogP contribution >= 0.6 is 0 Å². The van der Waals surface area contributed by atoms with Crippen LogP contribution in [0, 0.1) is 6.92 Å². The maximum absolute atomic E-state index is 13.5. The molecule has 1 aromatic carbocycles. The molecule has 0 spiro atoms. The van der Waals surface area contributed by atoms with Gasteiger partial charge in [-0.25, -0.2) is 13.4 Å². The average molecular weight is 416 g/mol. The van der Waals surface area contributed by atoms with E-state index >= 15 is 0 Å². The van der Waals surface area contributed by atoms with Crippen LogP contribution in [0.2, 0.25) is 0 Å². The molecule has 1 saturated heterocycles. The second-order valence-corrected chi connectivity index (χ2v) is 10.3. The minimum atomic E-state index is -3.57. The normalized spacial score (nSPS) is 18.4. The van der Waals surface area contributed by atoms with E-state index in [4.69, 9.17) is 4.98 Å². The number of hydrogen-bond acceptors (Lipinski definition) is 4. The molecule has 0 aliphatic carbocycles. The van der Waals surface area contributed by atoms with Gasteiger partial charge in [0.15, 0.2) is 0 Å². The zero-order chi connectivity index (χ0) is 21.2. The van der Waals surface area contributed by atoms with Crippen LogP contribution in [0.3, 0.4) is 0 Å². The van der Waals surface area contributed by atoms with E-state index in [0.29, 0.717) is 11.4 Å². The number of piperidine rings is 1. The third-order valence-electron chi connectivity index (χ3n) is 5.61. The SMILES string of the molecule is Cc1ccc(S(=O)(=O)N2CCCCC2c2cccnc2N(C(C)C)C(C)C)cc1. The number of nitrogens with zero attached hydrogens (tertiary/aromatic N) is 3. The Bertz CT molecular complexity index is 915. The van der Waals surface area contributed by atoms with Crippen molar-refractivity contribution in [3.05, 3.63) is 53.7 Å². The molecular formula is C23H33N3O2S. The number of hydrogen-bond donors (Lipinski definition) is 0. The lowest BCUT2D eigenvalue weighted by Gasteiger charge is -2.39. The van der Waals surface area contributed by atoms with Crippen LogP contribution in [0.15, 0.2) is 47.5 Å². The van der Waals surface area contributed by atoms with E-state index in [9.17, 15) is 8.42 Å². The minimum Gasteiger partial charge on any atom is -0.351 e. The molecule has 2 heterocycles. The molecule has 1 atom stereocenters. The molecule has 1 aliphatic rings. The summed E-state index contributed by atoms with van der Waals surface area (Å²) < 4.78 is 28.7. The number of benzene rings is 1. The van der Waals surface area contributed by atoms with Crippen LogP contribution in [0.4, 0.5) is 5.82 Å². The van der Waals surface area contributed by atoms with E-state index in [1.807, 2.05) is 31.2 Å². The molecule has 0 amide bonds. The van der Waals surface area contributed by atoms with Gasteiger partial charge in [0, 0.05) is 30.4 Å². The monoisotopic (exact) mass is 415 g/mol. The molecule has 3 rings (SSSR count). The number of aromatic nitrogens is 1. The van der Waals surface area contributed by atoms with Gasteiger partial charge in [0.2, 0.25) is 10.0 Å². The molecule has 1 unspecified atom stereocenters. The number of rotatable bonds is 6. The number of anilines is 1. The maximum atomic E-state index is 13.5. The molecule has 0 N–H and O–H groups in total. The number of pyridine rings is 1. The molecule has 6 heteroatoms. The zero-order valence-corrected chi connectivity index (χ0v) is 19.0. The second kappa shape index (κ2) is 8.84. The number of sulfonamides is 1. The fraction of sp³-hybridized carbons (Fsp3) is 0.522. The molecular weight excluding hydrogens is 382 g/mol. The largest absolute Gasteiger partial charge is 0.351 e. The van der Waals surface area contributed by atoms with E-state index in [2.05, 4.69) is 32.6 Å². The van der Waals surface area contributed by atoms with Crippen LogP contribution < -0.4 is 4.90 Å². The quantitative estimate of drug-likeness (QED) is 0.671. The Morgan fingerprint density at radius 3 is 2.31 bits per heavy atom. The van der Waals surface area contributed by atoms with E-state index in [1.165, 1.54) is 0 Å². The molecule has 0 radical (unpaired) electrons. The van der Waals surface area contributed by atoms with Crippen molar-refractivity contribution in [1.82, 2.24) is 9.29 Å². The van der Waals surface area contributed by atoms with Crippen molar-refractivity contribution < 1.29 is 8.42 Å². The van der Waals surface area contributed by atoms with Crippen LogP contribution in [-0.4, -0.2) is 36.3 Å². The Hall–Kier alpha value is -1.92. The highest BCUT2D eigenvalue weighted by atomic mass is 32.2. The Morgan fingerprint density at radius 2 is 1.69 bits per heavy atom. The fourth-order valence-corrected chi connectivity index (χ4v) is 5.99. The summed E-state index contributed by atoms with van der Waals surface area (Å²) in [6.07, 6.45) is 4.52. The topological polar surface area (TPSA) is 53.5 Å². The van der Waals surface area contributed by atoms with Crippen LogP contribution in [0.1, 0.15) is 64.1 Å². The Balaban J connectivity index is 2.06. The Kier molecular flexibility index (Phi) is 6.64. The van der Waals surface area contributed by atoms with Gasteiger partial charge < -0.3 is 4.90 Å². The highest BCUT2D eigenvalue weighted by Gasteiger charge is 2.36. The van der Waals surface area contributed by atoms with Gasteiger partial charge in [0.05, 0.1) is 10.9 Å². The van der Waals surface area contributed by atoms with Gasteiger partial charge in [-0.05, 0) is 65.7 Å². The molecule has 1 aromatic heterocycles. The summed E-state index contributed by atoms with van der Waals surface area (Å²) in [7, 11) is -3.57. The molecule has 5 nitrogen and oxygen atoms in total. The van der Waals surface area contributed by atoms with Crippen LogP contribution in [0.25, 0.3) is 0 Å². The van der Waals surface area contributed by atoms with Gasteiger partial charge in [0.25, 0.3) is 0 Å². The Morgan fingerprint density at radius 1 is 1.03 bits per heavy atom. The lowest BCUT2D eigenvalue weighted by Crippen LogP contribution is -2.42. The first-order valence-corrected chi connectivity index (χ1v) is 12.0. The first kappa shape index (κ1) is 21.8. The molecule has 0 saturated carbocycles. The van der Waals surface area contributed by atoms with Crippen molar-refractivity contribution in [1.29, 1.82) is 0 Å². The summed E-state index contributed by atoms with van der Waals surface area (Å²) >= 11 is 0. The fourth-order valence-electron chi connectivity index (χ4n) is 4.32. The van der Waals surface area contributed by atoms with Crippen molar-refractivity contribution in [3.63, 3.8) is 0 Å². The van der Waals surface area contributed by atoms with Crippen molar-refractivity contribution in [2.24, 2.45) is 0 Å². The van der Waals surface area contributed by atoms with Crippen molar-refractivity contribution in [2.75, 3.05) is 11.4 Å². The summed E-state index contributed by atoms with van der Waals surface area (Å²) in [6, 6.07) is 11.5. The second-order valence-electron chi connectivity index (χ2n) is 8.45. The lowest BCUT2D eigenvalue weighted by molar-refractivity contribution is 0.255. The smallest absolute Gasteiger partial charge is 0.243 e. The summed E-state index contributed by atoms with van der Waals surface area (Å²) in [5.74, 6) is 0.897. The summed E-state index contributed by atoms with van der Waals surface area (Å²) in [5.41, 5.74) is 2.06. The lowest BCUT2D eigenvalue weighted by atomic mass is 9.97. The predicted molar refractivity (Wildman–Crippen MR) is 119 cm³/mol. The first-order chi connectivity index (χ1) is 13.7. The third kappa shape index (κ3) is 4.48. The van der Waals surface area contributed by atoms with Gasteiger partial charge in [0.1, 0.15) is 5.82 Å². The van der Waals surface area contributed by atoms with E-state index in [1.54, 1.807) is 22.6 Å². The van der Waals surface area contributed by atoms with Crippen molar-refractivity contribution in [2.45, 2.75) is 76.9 Å². The van der Waals surface area contributed by atoms with Gasteiger partial charge >= 0.3 is 0 Å². The molecule has 158 valence electrons. The van der Waals surface area contributed by atoms with Crippen molar-refractivity contribution >= 4 is 15.8 Å². The summed E-state index contributed by atoms with van der Waals surface area (Å²) in [4.78, 5) is 7.35. The van der Waals surface area contributed by atoms with Crippen LogP contribution in [-0.2, 0) is 10.0 Å². The summed E-state index contributed by atoms with van der Waals surface area (Å²) in [6.45, 7) is 11.1. The van der Waals surface area contributed by atoms with E-state index in [0.717, 1.165) is 36.2 Å². The molecule has 0 bridgehead atoms. The van der Waals surface area contributed by atoms with E-state index < -0.39 is 10.0 Å². The maximum Gasteiger partial charge on any atom is 0.243 e. The predicted octanol–water partition coefficient (Wildman–Crippen LogP) is 4.93. The molecule has 1 fully saturated rings. The van der Waals surface area contributed by atoms with Crippen LogP contribution in [0.5, 0.6) is 0 Å².